The zero-order valence-corrected chi connectivity index (χ0v) is 14.6. The summed E-state index contributed by atoms with van der Waals surface area (Å²) in [5.41, 5.74) is 3.44. The summed E-state index contributed by atoms with van der Waals surface area (Å²) in [5.74, 6) is -1.12. The van der Waals surface area contributed by atoms with Gasteiger partial charge in [-0.05, 0) is 38.5 Å². The molecule has 2 aromatic rings. The predicted octanol–water partition coefficient (Wildman–Crippen LogP) is 5.34. The first-order valence-corrected chi connectivity index (χ1v) is 8.86. The fourth-order valence-electron chi connectivity index (χ4n) is 3.62. The summed E-state index contributed by atoms with van der Waals surface area (Å²) in [6, 6.07) is 1.88. The topological polar surface area (TPSA) is 30.2 Å². The highest BCUT2D eigenvalue weighted by molar-refractivity contribution is 6.30. The minimum atomic E-state index is -4.08. The van der Waals surface area contributed by atoms with E-state index in [2.05, 4.69) is 10.1 Å². The van der Waals surface area contributed by atoms with E-state index < -0.39 is 12.1 Å². The van der Waals surface area contributed by atoms with Gasteiger partial charge in [0.05, 0.1) is 11.6 Å². The number of halogens is 4. The molecule has 1 fully saturated rings. The smallest absolute Gasteiger partial charge is 0.233 e. The van der Waals surface area contributed by atoms with Crippen molar-refractivity contribution in [2.45, 2.75) is 64.5 Å². The van der Waals surface area contributed by atoms with E-state index >= 15 is 0 Å². The third-order valence-corrected chi connectivity index (χ3v) is 5.43. The molecule has 132 valence electrons. The number of rotatable bonds is 3. The van der Waals surface area contributed by atoms with Gasteiger partial charge in [0.25, 0.3) is 0 Å². The Balaban J connectivity index is 1.88. The van der Waals surface area contributed by atoms with E-state index in [9.17, 15) is 13.2 Å². The van der Waals surface area contributed by atoms with Crippen LogP contribution in [0.2, 0.25) is 5.15 Å². The quantitative estimate of drug-likeness (QED) is 0.692. The number of hydrogen-bond acceptors (Lipinski definition) is 2. The molecule has 2 aromatic heterocycles. The van der Waals surface area contributed by atoms with E-state index in [1.165, 1.54) is 0 Å². The lowest BCUT2D eigenvalue weighted by molar-refractivity contribution is -0.182. The van der Waals surface area contributed by atoms with Crippen LogP contribution in [0.1, 0.15) is 62.4 Å². The van der Waals surface area contributed by atoms with Gasteiger partial charge in [0, 0.05) is 23.2 Å². The third-order valence-electron chi connectivity index (χ3n) is 5.04. The van der Waals surface area contributed by atoms with Crippen molar-refractivity contribution in [2.24, 2.45) is 5.92 Å². The van der Waals surface area contributed by atoms with Gasteiger partial charge in [0.1, 0.15) is 5.15 Å². The van der Waals surface area contributed by atoms with Crippen LogP contribution >= 0.6 is 11.6 Å². The first-order chi connectivity index (χ1) is 11.3. The lowest BCUT2D eigenvalue weighted by Gasteiger charge is -2.28. The molecule has 0 N–H and O–H groups in total. The summed E-state index contributed by atoms with van der Waals surface area (Å²) < 4.78 is 40.1. The Kier molecular flexibility index (Phi) is 4.78. The Morgan fingerprint density at radius 3 is 2.38 bits per heavy atom. The third kappa shape index (κ3) is 3.13. The molecule has 0 unspecified atom stereocenters. The molecule has 3 rings (SSSR count). The maximum Gasteiger partial charge on any atom is 0.391 e. The van der Waals surface area contributed by atoms with Gasteiger partial charge in [0.2, 0.25) is 0 Å². The van der Waals surface area contributed by atoms with E-state index in [0.717, 1.165) is 29.8 Å². The number of nitrogens with zero attached hydrogens (tertiary/aromatic N) is 3. The summed E-state index contributed by atoms with van der Waals surface area (Å²) in [7, 11) is 0. The second kappa shape index (κ2) is 6.54. The van der Waals surface area contributed by atoms with Crippen LogP contribution in [0.4, 0.5) is 13.2 Å². The molecule has 1 aliphatic carbocycles. The second-order valence-electron chi connectivity index (χ2n) is 6.46. The average Bonchev–Trinajstić information content (AvgIpc) is 2.98. The van der Waals surface area contributed by atoms with Gasteiger partial charge in [-0.15, -0.1) is 0 Å². The standard InChI is InChI=1S/C17H21ClF3N3/c1-3-12-13(4-2)22-15-9-14(23-24(15)16(12)18)10-5-7-11(8-6-10)17(19,20)21/h9-11H,3-8H2,1-2H3/t10-,11-. The van der Waals surface area contributed by atoms with Gasteiger partial charge in [-0.25, -0.2) is 9.50 Å². The zero-order chi connectivity index (χ0) is 17.5. The van der Waals surface area contributed by atoms with Crippen molar-refractivity contribution in [1.82, 2.24) is 14.6 Å². The first kappa shape index (κ1) is 17.5. The summed E-state index contributed by atoms with van der Waals surface area (Å²) in [6.07, 6.45) is -1.17. The molecular weight excluding hydrogens is 339 g/mol. The molecule has 1 aliphatic rings. The van der Waals surface area contributed by atoms with Gasteiger partial charge < -0.3 is 0 Å². The Labute approximate surface area is 144 Å². The van der Waals surface area contributed by atoms with Gasteiger partial charge in [0.15, 0.2) is 5.65 Å². The molecule has 0 amide bonds. The molecular formula is C17H21ClF3N3. The van der Waals surface area contributed by atoms with Crippen molar-refractivity contribution in [2.75, 3.05) is 0 Å². The highest BCUT2D eigenvalue weighted by Crippen LogP contribution is 2.42. The molecule has 0 atom stereocenters. The molecule has 7 heteroatoms. The Bertz CT molecular complexity index is 731. The van der Waals surface area contributed by atoms with Crippen molar-refractivity contribution < 1.29 is 13.2 Å². The minimum absolute atomic E-state index is 0.0523. The van der Waals surface area contributed by atoms with Crippen molar-refractivity contribution in [3.63, 3.8) is 0 Å². The van der Waals surface area contributed by atoms with Crippen LogP contribution in [-0.4, -0.2) is 20.8 Å². The van der Waals surface area contributed by atoms with Crippen LogP contribution in [0, 0.1) is 5.92 Å². The molecule has 1 saturated carbocycles. The minimum Gasteiger partial charge on any atom is -0.233 e. The lowest BCUT2D eigenvalue weighted by Crippen LogP contribution is -2.27. The molecule has 3 nitrogen and oxygen atoms in total. The van der Waals surface area contributed by atoms with Crippen molar-refractivity contribution in [3.8, 4) is 0 Å². The fraction of sp³-hybridized carbons (Fsp3) is 0.647. The first-order valence-electron chi connectivity index (χ1n) is 8.48. The van der Waals surface area contributed by atoms with Crippen LogP contribution < -0.4 is 0 Å². The average molecular weight is 360 g/mol. The number of fused-ring (bicyclic) bond motifs is 1. The van der Waals surface area contributed by atoms with Gasteiger partial charge >= 0.3 is 6.18 Å². The predicted molar refractivity (Wildman–Crippen MR) is 87.5 cm³/mol. The molecule has 24 heavy (non-hydrogen) atoms. The Morgan fingerprint density at radius 1 is 1.17 bits per heavy atom. The summed E-state index contributed by atoms with van der Waals surface area (Å²) >= 11 is 6.47. The number of alkyl halides is 3. The van der Waals surface area contributed by atoms with Crippen molar-refractivity contribution >= 4 is 17.2 Å². The number of aryl methyl sites for hydroxylation is 1. The van der Waals surface area contributed by atoms with Gasteiger partial charge in [-0.3, -0.25) is 0 Å². The van der Waals surface area contributed by atoms with Crippen LogP contribution in [-0.2, 0) is 12.8 Å². The molecule has 0 aromatic carbocycles. The maximum absolute atomic E-state index is 12.8. The molecule has 0 saturated heterocycles. The SMILES string of the molecule is CCc1nc2cc([C@H]3CC[C@H](C(F)(F)F)CC3)nn2c(Cl)c1CC. The van der Waals surface area contributed by atoms with E-state index in [-0.39, 0.29) is 18.8 Å². The van der Waals surface area contributed by atoms with E-state index in [1.54, 1.807) is 4.52 Å². The van der Waals surface area contributed by atoms with Crippen molar-refractivity contribution in [1.29, 1.82) is 0 Å². The Hall–Kier alpha value is -1.30. The fourth-order valence-corrected chi connectivity index (χ4v) is 3.99. The molecule has 2 heterocycles. The van der Waals surface area contributed by atoms with Crippen LogP contribution in [0.3, 0.4) is 0 Å². The summed E-state index contributed by atoms with van der Waals surface area (Å²) in [4.78, 5) is 4.63. The monoisotopic (exact) mass is 359 g/mol. The second-order valence-corrected chi connectivity index (χ2v) is 6.82. The molecule has 0 aliphatic heterocycles. The lowest BCUT2D eigenvalue weighted by atomic mass is 9.80. The normalized spacial score (nSPS) is 22.2. The van der Waals surface area contributed by atoms with E-state index in [0.29, 0.717) is 23.6 Å². The van der Waals surface area contributed by atoms with Gasteiger partial charge in [-0.1, -0.05) is 25.4 Å². The number of hydrogen-bond donors (Lipinski definition) is 0. The van der Waals surface area contributed by atoms with E-state index in [1.807, 2.05) is 19.9 Å². The van der Waals surface area contributed by atoms with Gasteiger partial charge in [-0.2, -0.15) is 18.3 Å². The van der Waals surface area contributed by atoms with E-state index in [4.69, 9.17) is 11.6 Å². The Morgan fingerprint density at radius 2 is 1.83 bits per heavy atom. The van der Waals surface area contributed by atoms with Crippen molar-refractivity contribution in [3.05, 3.63) is 28.2 Å². The number of aromatic nitrogens is 3. The summed E-state index contributed by atoms with van der Waals surface area (Å²) in [5, 5.41) is 5.11. The highest BCUT2D eigenvalue weighted by atomic mass is 35.5. The summed E-state index contributed by atoms with van der Waals surface area (Å²) in [6.45, 7) is 4.06. The maximum atomic E-state index is 12.8. The largest absolute Gasteiger partial charge is 0.391 e. The molecule has 0 spiro atoms. The zero-order valence-electron chi connectivity index (χ0n) is 13.8. The van der Waals surface area contributed by atoms with Crippen LogP contribution in [0.25, 0.3) is 5.65 Å². The molecule has 0 bridgehead atoms. The van der Waals surface area contributed by atoms with Crippen LogP contribution in [0.5, 0.6) is 0 Å². The van der Waals surface area contributed by atoms with Crippen LogP contribution in [0.15, 0.2) is 6.07 Å². The highest BCUT2D eigenvalue weighted by Gasteiger charge is 2.41. The molecule has 0 radical (unpaired) electrons.